The molecule has 2 aromatic carbocycles. The van der Waals surface area contributed by atoms with Crippen molar-refractivity contribution in [1.29, 1.82) is 0 Å². The smallest absolute Gasteiger partial charge is 0.341 e. The van der Waals surface area contributed by atoms with Crippen molar-refractivity contribution in [3.8, 4) is 5.75 Å². The van der Waals surface area contributed by atoms with Crippen LogP contribution in [0, 0.1) is 6.92 Å². The summed E-state index contributed by atoms with van der Waals surface area (Å²) in [4.78, 5) is 37.1. The number of hydrogen-bond acceptors (Lipinski definition) is 6. The van der Waals surface area contributed by atoms with Gasteiger partial charge in [0.1, 0.15) is 17.4 Å². The van der Waals surface area contributed by atoms with E-state index in [-0.39, 0.29) is 18.0 Å². The van der Waals surface area contributed by atoms with E-state index in [0.29, 0.717) is 22.0 Å². The number of amides is 1. The molecule has 1 N–H and O–H groups in total. The minimum atomic E-state index is -0.566. The number of carbonyl (C=O) groups is 3. The Labute approximate surface area is 196 Å². The molecule has 0 unspecified atom stereocenters. The molecule has 1 amide bonds. The molecular weight excluding hydrogens is 438 g/mol. The van der Waals surface area contributed by atoms with E-state index in [4.69, 9.17) is 9.47 Å². The van der Waals surface area contributed by atoms with Crippen LogP contribution in [0.5, 0.6) is 5.75 Å². The zero-order valence-electron chi connectivity index (χ0n) is 18.7. The van der Waals surface area contributed by atoms with Crippen molar-refractivity contribution in [1.82, 2.24) is 0 Å². The number of carbonyl (C=O) groups excluding carboxylic acids is 3. The first-order chi connectivity index (χ1) is 15.9. The molecule has 0 saturated heterocycles. The number of thiophene rings is 1. The maximum atomic E-state index is 12.5. The Hall–Kier alpha value is -3.71. The quantitative estimate of drug-likeness (QED) is 0.251. The number of esters is 1. The van der Waals surface area contributed by atoms with Crippen molar-refractivity contribution in [2.45, 2.75) is 27.4 Å². The van der Waals surface area contributed by atoms with E-state index in [1.807, 2.05) is 54.6 Å². The molecule has 33 heavy (non-hydrogen) atoms. The lowest BCUT2D eigenvalue weighted by atomic mass is 10.1. The summed E-state index contributed by atoms with van der Waals surface area (Å²) in [7, 11) is 0. The average molecular weight is 464 g/mol. The van der Waals surface area contributed by atoms with Gasteiger partial charge >= 0.3 is 5.97 Å². The van der Waals surface area contributed by atoms with Crippen molar-refractivity contribution in [2.75, 3.05) is 11.9 Å². The van der Waals surface area contributed by atoms with E-state index in [2.05, 4.69) is 5.32 Å². The lowest BCUT2D eigenvalue weighted by Crippen LogP contribution is -2.12. The summed E-state index contributed by atoms with van der Waals surface area (Å²) < 4.78 is 10.9. The van der Waals surface area contributed by atoms with Crippen molar-refractivity contribution in [3.63, 3.8) is 0 Å². The van der Waals surface area contributed by atoms with Gasteiger partial charge in [-0.15, -0.1) is 11.3 Å². The van der Waals surface area contributed by atoms with Crippen LogP contribution in [0.25, 0.3) is 6.08 Å². The van der Waals surface area contributed by atoms with Crippen molar-refractivity contribution in [2.24, 2.45) is 0 Å². The molecule has 1 aromatic heterocycles. The van der Waals surface area contributed by atoms with Crippen LogP contribution in [0.4, 0.5) is 5.00 Å². The predicted molar refractivity (Wildman–Crippen MR) is 130 cm³/mol. The third-order valence-electron chi connectivity index (χ3n) is 4.74. The highest BCUT2D eigenvalue weighted by molar-refractivity contribution is 7.18. The third kappa shape index (κ3) is 6.40. The second kappa shape index (κ2) is 11.2. The van der Waals surface area contributed by atoms with Gasteiger partial charge in [-0.2, -0.15) is 0 Å². The van der Waals surface area contributed by atoms with Gasteiger partial charge in [-0.3, -0.25) is 9.59 Å². The third-order valence-corrected chi connectivity index (χ3v) is 6.05. The molecule has 0 aliphatic carbocycles. The van der Waals surface area contributed by atoms with E-state index in [1.165, 1.54) is 13.0 Å². The molecule has 0 saturated carbocycles. The highest BCUT2D eigenvalue weighted by atomic mass is 32.1. The molecule has 0 bridgehead atoms. The molecule has 1 heterocycles. The van der Waals surface area contributed by atoms with Crippen LogP contribution in [0.2, 0.25) is 0 Å². The Morgan fingerprint density at radius 2 is 1.73 bits per heavy atom. The standard InChI is InChI=1S/C26H25NO5S/c1-4-31-26(30)23-17(2)24(18(3)28)33-25(23)27-22(29)15-12-19-10-13-21(14-11-19)32-16-20-8-6-5-7-9-20/h5-15H,4,16H2,1-3H3,(H,27,29). The average Bonchev–Trinajstić information content (AvgIpc) is 3.13. The SMILES string of the molecule is CCOC(=O)c1c(NC(=O)C=Cc2ccc(OCc3ccccc3)cc2)sc(C(C)=O)c1C. The molecule has 0 aliphatic rings. The van der Waals surface area contributed by atoms with Gasteiger partial charge in [-0.25, -0.2) is 4.79 Å². The summed E-state index contributed by atoms with van der Waals surface area (Å²) in [6.45, 7) is 5.47. The fraction of sp³-hybridized carbons (Fsp3) is 0.192. The zero-order valence-corrected chi connectivity index (χ0v) is 19.5. The molecule has 3 aromatic rings. The summed E-state index contributed by atoms with van der Waals surface area (Å²) in [6, 6.07) is 17.2. The van der Waals surface area contributed by atoms with E-state index >= 15 is 0 Å². The molecule has 3 rings (SSSR count). The predicted octanol–water partition coefficient (Wildman–Crippen LogP) is 5.67. The number of ketones is 1. The summed E-state index contributed by atoms with van der Waals surface area (Å²) in [5.74, 6) is -0.426. The number of rotatable bonds is 9. The van der Waals surface area contributed by atoms with E-state index in [1.54, 1.807) is 19.9 Å². The summed E-state index contributed by atoms with van der Waals surface area (Å²) >= 11 is 1.07. The summed E-state index contributed by atoms with van der Waals surface area (Å²) in [5, 5.41) is 3.00. The summed E-state index contributed by atoms with van der Waals surface area (Å²) in [6.07, 6.45) is 3.03. The van der Waals surface area contributed by atoms with E-state index in [0.717, 1.165) is 28.2 Å². The van der Waals surface area contributed by atoms with Crippen LogP contribution < -0.4 is 10.1 Å². The number of anilines is 1. The molecule has 170 valence electrons. The Balaban J connectivity index is 1.65. The number of Topliss-reactive ketones (excluding diaryl/α,β-unsaturated/α-hetero) is 1. The molecule has 7 heteroatoms. The van der Waals surface area contributed by atoms with Gasteiger partial charge in [0.15, 0.2) is 5.78 Å². The van der Waals surface area contributed by atoms with Crippen LogP contribution >= 0.6 is 11.3 Å². The van der Waals surface area contributed by atoms with Gasteiger partial charge in [-0.1, -0.05) is 42.5 Å². The second-order valence-electron chi connectivity index (χ2n) is 7.20. The Morgan fingerprint density at radius 3 is 2.36 bits per heavy atom. The summed E-state index contributed by atoms with van der Waals surface area (Å²) in [5.41, 5.74) is 2.62. The lowest BCUT2D eigenvalue weighted by molar-refractivity contribution is -0.111. The molecule has 0 radical (unpaired) electrons. The molecule has 0 aliphatic heterocycles. The van der Waals surface area contributed by atoms with Gasteiger partial charge in [-0.05, 0) is 55.7 Å². The highest BCUT2D eigenvalue weighted by Gasteiger charge is 2.24. The molecule has 0 atom stereocenters. The van der Waals surface area contributed by atoms with Gasteiger partial charge in [0.2, 0.25) is 5.91 Å². The zero-order chi connectivity index (χ0) is 23.8. The van der Waals surface area contributed by atoms with Crippen molar-refractivity contribution in [3.05, 3.63) is 87.8 Å². The minimum Gasteiger partial charge on any atom is -0.489 e. The number of nitrogens with one attached hydrogen (secondary N) is 1. The van der Waals surface area contributed by atoms with Crippen LogP contribution in [0.15, 0.2) is 60.7 Å². The Bertz CT molecular complexity index is 1160. The fourth-order valence-corrected chi connectivity index (χ4v) is 4.22. The monoisotopic (exact) mass is 463 g/mol. The van der Waals surface area contributed by atoms with Crippen LogP contribution in [0.3, 0.4) is 0 Å². The maximum absolute atomic E-state index is 12.5. The number of benzene rings is 2. The minimum absolute atomic E-state index is 0.173. The molecule has 0 spiro atoms. The number of ether oxygens (including phenoxy) is 2. The first-order valence-corrected chi connectivity index (χ1v) is 11.3. The number of hydrogen-bond donors (Lipinski definition) is 1. The first-order valence-electron chi connectivity index (χ1n) is 10.5. The first kappa shape index (κ1) is 23.9. The van der Waals surface area contributed by atoms with Gasteiger partial charge in [0.05, 0.1) is 17.0 Å². The van der Waals surface area contributed by atoms with E-state index < -0.39 is 11.9 Å². The molecule has 0 fully saturated rings. The highest BCUT2D eigenvalue weighted by Crippen LogP contribution is 2.34. The topological polar surface area (TPSA) is 81.7 Å². The van der Waals surface area contributed by atoms with Crippen LogP contribution in [-0.4, -0.2) is 24.3 Å². The second-order valence-corrected chi connectivity index (χ2v) is 8.22. The van der Waals surface area contributed by atoms with Crippen molar-refractivity contribution < 1.29 is 23.9 Å². The van der Waals surface area contributed by atoms with Gasteiger partial charge < -0.3 is 14.8 Å². The maximum Gasteiger partial charge on any atom is 0.341 e. The normalized spacial score (nSPS) is 10.8. The van der Waals surface area contributed by atoms with Crippen LogP contribution in [0.1, 0.15) is 50.6 Å². The largest absolute Gasteiger partial charge is 0.489 e. The lowest BCUT2D eigenvalue weighted by Gasteiger charge is -2.06. The van der Waals surface area contributed by atoms with Gasteiger partial charge in [0, 0.05) is 6.08 Å². The van der Waals surface area contributed by atoms with E-state index in [9.17, 15) is 14.4 Å². The Morgan fingerprint density at radius 1 is 1.03 bits per heavy atom. The van der Waals surface area contributed by atoms with Gasteiger partial charge in [0.25, 0.3) is 0 Å². The fourth-order valence-electron chi connectivity index (χ4n) is 3.13. The van der Waals surface area contributed by atoms with Crippen molar-refractivity contribution >= 4 is 40.1 Å². The Kier molecular flexibility index (Phi) is 8.16. The molecular formula is C26H25NO5S. The van der Waals surface area contributed by atoms with Crippen LogP contribution in [-0.2, 0) is 16.1 Å². The molecule has 6 nitrogen and oxygen atoms in total.